The van der Waals surface area contributed by atoms with Gasteiger partial charge in [0.1, 0.15) is 0 Å². The predicted molar refractivity (Wildman–Crippen MR) is 290 cm³/mol. The van der Waals surface area contributed by atoms with Crippen LogP contribution in [0.4, 0.5) is 0 Å². The van der Waals surface area contributed by atoms with Gasteiger partial charge in [0.2, 0.25) is 0 Å². The second kappa shape index (κ2) is 24.8. The molecule has 0 spiro atoms. The Morgan fingerprint density at radius 3 is 1.09 bits per heavy atom. The summed E-state index contributed by atoms with van der Waals surface area (Å²) in [5.41, 5.74) is 11.9. The molecule has 0 saturated heterocycles. The fourth-order valence-corrected chi connectivity index (χ4v) is 22.8. The number of hydrogen-bond acceptors (Lipinski definition) is 0. The summed E-state index contributed by atoms with van der Waals surface area (Å²) in [5, 5.41) is 0. The standard InChI is InChI=1S/C60H58Si2.4ClH.2Zr/c1-41-37-47-27-15-17-29-51(47)57(41)61(5,59-43(3)39-55-49(31-21-33-53(55)59)45-23-11-9-12-24-45)35-19-7-8-20-36-62(6,58-42(2)38-48-28-16-18-30-52(48)58)60-44(4)40-56-50(32-22-34-54(56)60)46-25-13-10-14-26-46;;;;;;/h9-18,21-34,37-40H,7-8,19-20,35-36H2,1-6H3;4*1H;;/q;;;;;2*+4/p-4. The summed E-state index contributed by atoms with van der Waals surface area (Å²) < 4.78 is 0. The third-order valence-electron chi connectivity index (χ3n) is 14.7. The van der Waals surface area contributed by atoms with Crippen LogP contribution in [0.1, 0.15) is 64.5 Å². The third-order valence-corrected chi connectivity index (χ3v) is 24.5. The zero-order valence-electron chi connectivity index (χ0n) is 39.9. The molecular formula is C60H58Cl4Si2Zr2+4. The summed E-state index contributed by atoms with van der Waals surface area (Å²) >= 11 is -1.65. The zero-order chi connectivity index (χ0) is 48.0. The van der Waals surface area contributed by atoms with Crippen molar-refractivity contribution in [3.8, 4) is 0 Å². The van der Waals surface area contributed by atoms with Crippen LogP contribution < -0.4 is 0 Å². The molecular weight excluding hydrogens is 1100 g/mol. The summed E-state index contributed by atoms with van der Waals surface area (Å²) in [6.07, 6.45) is 47.4. The van der Waals surface area contributed by atoms with Crippen molar-refractivity contribution in [1.29, 1.82) is 0 Å². The van der Waals surface area contributed by atoms with E-state index < -0.39 is 57.8 Å². The summed E-state index contributed by atoms with van der Waals surface area (Å²) in [6, 6.07) is 24.5. The molecule has 8 aliphatic rings. The average Bonchev–Trinajstić information content (AvgIpc) is 4.09. The van der Waals surface area contributed by atoms with Crippen molar-refractivity contribution in [2.75, 3.05) is 0 Å². The topological polar surface area (TPSA) is 0 Å². The van der Waals surface area contributed by atoms with Crippen molar-refractivity contribution in [2.24, 2.45) is 0 Å². The van der Waals surface area contributed by atoms with Crippen molar-refractivity contribution in [2.45, 2.75) is 78.6 Å². The van der Waals surface area contributed by atoms with E-state index in [-0.39, 0.29) is 0 Å². The van der Waals surface area contributed by atoms with E-state index in [4.69, 9.17) is 34.1 Å². The first-order valence-corrected chi connectivity index (χ1v) is 41.8. The van der Waals surface area contributed by atoms with Crippen molar-refractivity contribution < 1.29 is 41.7 Å². The Morgan fingerprint density at radius 2 is 0.706 bits per heavy atom. The quantitative estimate of drug-likeness (QED) is 0.139. The number of allylic oxidation sites excluding steroid dienone is 16. The van der Waals surface area contributed by atoms with E-state index >= 15 is 0 Å². The van der Waals surface area contributed by atoms with Gasteiger partial charge >= 0.3 is 75.7 Å². The zero-order valence-corrected chi connectivity index (χ0v) is 49.9. The molecule has 2 atom stereocenters. The number of fused-ring (bicyclic) bond motifs is 4. The maximum absolute atomic E-state index is 4.93. The molecule has 0 bridgehead atoms. The van der Waals surface area contributed by atoms with Crippen LogP contribution in [0, 0.1) is 119 Å². The van der Waals surface area contributed by atoms with Gasteiger partial charge in [-0.2, -0.15) is 0 Å². The summed E-state index contributed by atoms with van der Waals surface area (Å²) in [6.45, 7) is 15.0. The molecule has 2 aromatic rings. The van der Waals surface area contributed by atoms with Gasteiger partial charge in [-0.1, -0.05) is 224 Å². The molecule has 2 aromatic carbocycles. The minimum absolute atomic E-state index is 0.826. The van der Waals surface area contributed by atoms with Crippen LogP contribution in [0.3, 0.4) is 0 Å². The van der Waals surface area contributed by atoms with Crippen LogP contribution in [0.15, 0.2) is 146 Å². The third kappa shape index (κ3) is 11.2. The Kier molecular flexibility index (Phi) is 19.7. The average molecular weight is 1160 g/mol. The molecule has 4 fully saturated rings. The van der Waals surface area contributed by atoms with Crippen LogP contribution in [0.25, 0.3) is 11.1 Å². The first-order chi connectivity index (χ1) is 33.0. The Hall–Kier alpha value is -0.280. The molecule has 0 N–H and O–H groups in total. The van der Waals surface area contributed by atoms with E-state index in [9.17, 15) is 0 Å². The van der Waals surface area contributed by atoms with E-state index in [0.717, 1.165) is 0 Å². The summed E-state index contributed by atoms with van der Waals surface area (Å²) in [7, 11) is 15.3. The Labute approximate surface area is 452 Å². The SMILES string of the molecule is C[C]1[CH][C]2C=CC=C[C]2[C]1[Si](C)(CCCCCC[Si](C)([C]1[C](C)[CH][C]2C=CC=C[C]21)[C]1[C](C)[CH][C]2[C]1C=CC=C2c1ccccc1)[C]1[C](C)[CH][C]2[C]1C=CC=C2c1ccccc1.[Cl][Zr+2][Cl].[Cl][Zr+2][Cl]. The molecule has 8 aliphatic carbocycles. The van der Waals surface area contributed by atoms with Gasteiger partial charge in [0, 0.05) is 47.3 Å². The summed E-state index contributed by atoms with van der Waals surface area (Å²) in [4.78, 5) is 0. The van der Waals surface area contributed by atoms with Gasteiger partial charge in [-0.05, 0) is 93.8 Å². The molecule has 0 heterocycles. The molecule has 0 amide bonds. The van der Waals surface area contributed by atoms with Gasteiger partial charge in [0.25, 0.3) is 0 Å². The molecule has 8 heteroatoms. The molecule has 338 valence electrons. The molecule has 0 aliphatic heterocycles. The van der Waals surface area contributed by atoms with Crippen LogP contribution in [0.2, 0.25) is 25.2 Å². The first kappa shape index (κ1) is 54.0. The maximum atomic E-state index is 4.93. The van der Waals surface area contributed by atoms with E-state index in [1.165, 1.54) is 131 Å². The predicted octanol–water partition coefficient (Wildman–Crippen LogP) is 17.3. The van der Waals surface area contributed by atoms with Crippen molar-refractivity contribution in [3.63, 3.8) is 0 Å². The number of unbranched alkanes of at least 4 members (excludes halogenated alkanes) is 3. The van der Waals surface area contributed by atoms with E-state index in [2.05, 4.69) is 212 Å². The molecule has 0 aromatic heterocycles. The van der Waals surface area contributed by atoms with Crippen LogP contribution in [0.5, 0.6) is 0 Å². The number of benzene rings is 2. The van der Waals surface area contributed by atoms with Gasteiger partial charge in [-0.15, -0.1) is 0 Å². The number of rotatable bonds is 13. The molecule has 0 nitrogen and oxygen atoms in total. The number of halogens is 4. The molecule has 4 saturated carbocycles. The number of hydrogen-bond donors (Lipinski definition) is 0. The van der Waals surface area contributed by atoms with Gasteiger partial charge < -0.3 is 0 Å². The van der Waals surface area contributed by atoms with Crippen molar-refractivity contribution >= 4 is 61.3 Å². The molecule has 68 heavy (non-hydrogen) atoms. The molecule has 20 radical (unpaired) electrons. The second-order valence-corrected chi connectivity index (χ2v) is 34.8. The Morgan fingerprint density at radius 1 is 0.382 bits per heavy atom. The van der Waals surface area contributed by atoms with Gasteiger partial charge in [-0.3, -0.25) is 0 Å². The Balaban J connectivity index is 0.000000991. The molecule has 2 unspecified atom stereocenters. The first-order valence-electron chi connectivity index (χ1n) is 23.7. The second-order valence-electron chi connectivity index (χ2n) is 19.0. The van der Waals surface area contributed by atoms with Crippen LogP contribution in [-0.2, 0) is 41.7 Å². The van der Waals surface area contributed by atoms with Crippen LogP contribution >= 0.6 is 34.1 Å². The monoisotopic (exact) mass is 1150 g/mol. The van der Waals surface area contributed by atoms with Gasteiger partial charge in [-0.25, -0.2) is 0 Å². The Bertz CT molecular complexity index is 2060. The van der Waals surface area contributed by atoms with E-state index in [0.29, 0.717) is 0 Å². The van der Waals surface area contributed by atoms with Gasteiger partial charge in [0.15, 0.2) is 0 Å². The van der Waals surface area contributed by atoms with E-state index in [1.807, 2.05) is 0 Å². The fraction of sp³-hybridized carbons (Fsp3) is 0.200. The van der Waals surface area contributed by atoms with E-state index in [1.54, 1.807) is 22.2 Å². The van der Waals surface area contributed by atoms with Crippen molar-refractivity contribution in [1.82, 2.24) is 0 Å². The van der Waals surface area contributed by atoms with Gasteiger partial charge in [0.05, 0.1) is 16.1 Å². The fourth-order valence-electron chi connectivity index (χ4n) is 12.3. The van der Waals surface area contributed by atoms with Crippen LogP contribution in [-0.4, -0.2) is 16.1 Å². The molecule has 10 rings (SSSR count). The van der Waals surface area contributed by atoms with Crippen molar-refractivity contribution in [3.05, 3.63) is 276 Å². The minimum atomic E-state index is -2.22. The summed E-state index contributed by atoms with van der Waals surface area (Å²) in [5.74, 6) is 17.4. The normalized spacial score (nSPS) is 24.6.